The summed E-state index contributed by atoms with van der Waals surface area (Å²) < 4.78 is 0.749. The smallest absolute Gasteiger partial charge is 0.306 e. The Kier molecular flexibility index (Phi) is 4.23. The van der Waals surface area contributed by atoms with E-state index >= 15 is 0 Å². The quantitative estimate of drug-likeness (QED) is 0.836. The molecular formula is C14H14BrNO4. The van der Waals surface area contributed by atoms with Gasteiger partial charge in [-0.05, 0) is 31.0 Å². The highest BCUT2D eigenvalue weighted by atomic mass is 79.9. The molecule has 6 heteroatoms. The number of rotatable bonds is 5. The van der Waals surface area contributed by atoms with E-state index in [0.717, 1.165) is 4.47 Å². The molecule has 106 valence electrons. The number of nitrogens with zero attached hydrogens (tertiary/aromatic N) is 1. The maximum atomic E-state index is 12.1. The number of imide groups is 1. The number of hydrogen-bond donors (Lipinski definition) is 1. The van der Waals surface area contributed by atoms with Crippen LogP contribution in [0.15, 0.2) is 22.7 Å². The lowest BCUT2D eigenvalue weighted by Gasteiger charge is -2.14. The van der Waals surface area contributed by atoms with Gasteiger partial charge in [-0.1, -0.05) is 22.9 Å². The lowest BCUT2D eigenvalue weighted by Crippen LogP contribution is -2.31. The maximum absolute atomic E-state index is 12.1. The minimum absolute atomic E-state index is 0.252. The first-order valence-corrected chi connectivity index (χ1v) is 7.09. The van der Waals surface area contributed by atoms with Gasteiger partial charge in [-0.25, -0.2) is 0 Å². The zero-order chi connectivity index (χ0) is 14.9. The molecule has 0 aromatic heterocycles. The number of hydrogen-bond acceptors (Lipinski definition) is 3. The molecule has 1 aliphatic rings. The summed E-state index contributed by atoms with van der Waals surface area (Å²) in [6, 6.07) is 4.98. The molecule has 1 heterocycles. The molecule has 20 heavy (non-hydrogen) atoms. The average Bonchev–Trinajstić information content (AvgIpc) is 2.63. The Morgan fingerprint density at radius 3 is 2.60 bits per heavy atom. The SMILES string of the molecule is CC(CCCN1C(=O)c2ccc(Br)cc2C1=O)C(=O)O. The van der Waals surface area contributed by atoms with Crippen molar-refractivity contribution in [2.45, 2.75) is 19.8 Å². The summed E-state index contributed by atoms with van der Waals surface area (Å²) >= 11 is 3.27. The van der Waals surface area contributed by atoms with Crippen LogP contribution in [0.4, 0.5) is 0 Å². The molecule has 1 aliphatic heterocycles. The Morgan fingerprint density at radius 1 is 1.30 bits per heavy atom. The van der Waals surface area contributed by atoms with Crippen molar-refractivity contribution >= 4 is 33.7 Å². The Hall–Kier alpha value is -1.69. The molecule has 1 unspecified atom stereocenters. The van der Waals surface area contributed by atoms with Crippen LogP contribution < -0.4 is 0 Å². The third kappa shape index (κ3) is 2.75. The van der Waals surface area contributed by atoms with E-state index in [1.807, 2.05) is 0 Å². The van der Waals surface area contributed by atoms with E-state index < -0.39 is 11.9 Å². The van der Waals surface area contributed by atoms with E-state index in [4.69, 9.17) is 5.11 Å². The second-order valence-corrected chi connectivity index (χ2v) is 5.75. The first kappa shape index (κ1) is 14.7. The molecule has 0 spiro atoms. The molecule has 2 amide bonds. The topological polar surface area (TPSA) is 74.7 Å². The molecule has 0 bridgehead atoms. The maximum Gasteiger partial charge on any atom is 0.306 e. The fourth-order valence-corrected chi connectivity index (χ4v) is 2.51. The van der Waals surface area contributed by atoms with Gasteiger partial charge in [0.25, 0.3) is 11.8 Å². The van der Waals surface area contributed by atoms with E-state index in [0.29, 0.717) is 24.0 Å². The van der Waals surface area contributed by atoms with E-state index in [1.165, 1.54) is 4.90 Å². The van der Waals surface area contributed by atoms with Gasteiger partial charge in [-0.2, -0.15) is 0 Å². The summed E-state index contributed by atoms with van der Waals surface area (Å²) in [6.07, 6.45) is 0.923. The largest absolute Gasteiger partial charge is 0.481 e. The highest BCUT2D eigenvalue weighted by Crippen LogP contribution is 2.26. The van der Waals surface area contributed by atoms with Crippen molar-refractivity contribution in [1.29, 1.82) is 0 Å². The van der Waals surface area contributed by atoms with Crippen molar-refractivity contribution in [3.63, 3.8) is 0 Å². The molecule has 0 radical (unpaired) electrons. The summed E-state index contributed by atoms with van der Waals surface area (Å²) in [4.78, 5) is 36.1. The molecule has 2 rings (SSSR count). The van der Waals surface area contributed by atoms with Crippen molar-refractivity contribution in [2.75, 3.05) is 6.54 Å². The fraction of sp³-hybridized carbons (Fsp3) is 0.357. The van der Waals surface area contributed by atoms with E-state index in [2.05, 4.69) is 15.9 Å². The van der Waals surface area contributed by atoms with Crippen LogP contribution in [0.5, 0.6) is 0 Å². The van der Waals surface area contributed by atoms with Crippen molar-refractivity contribution < 1.29 is 19.5 Å². The number of benzene rings is 1. The van der Waals surface area contributed by atoms with Crippen LogP contribution >= 0.6 is 15.9 Å². The van der Waals surface area contributed by atoms with Crippen molar-refractivity contribution in [3.05, 3.63) is 33.8 Å². The molecule has 0 saturated carbocycles. The second-order valence-electron chi connectivity index (χ2n) is 4.83. The van der Waals surface area contributed by atoms with Crippen LogP contribution in [0.25, 0.3) is 0 Å². The summed E-state index contributed by atoms with van der Waals surface area (Å²) in [5, 5.41) is 8.80. The van der Waals surface area contributed by atoms with Gasteiger partial charge in [0, 0.05) is 11.0 Å². The van der Waals surface area contributed by atoms with Gasteiger partial charge in [0.1, 0.15) is 0 Å². The van der Waals surface area contributed by atoms with Crippen molar-refractivity contribution in [2.24, 2.45) is 5.92 Å². The fourth-order valence-electron chi connectivity index (χ4n) is 2.15. The molecule has 0 fully saturated rings. The van der Waals surface area contributed by atoms with E-state index in [-0.39, 0.29) is 18.4 Å². The predicted molar refractivity (Wildman–Crippen MR) is 75.5 cm³/mol. The van der Waals surface area contributed by atoms with E-state index in [9.17, 15) is 14.4 Å². The van der Waals surface area contributed by atoms with Gasteiger partial charge < -0.3 is 5.11 Å². The molecular weight excluding hydrogens is 326 g/mol. The number of carbonyl (C=O) groups is 3. The van der Waals surface area contributed by atoms with Crippen LogP contribution in [-0.4, -0.2) is 34.3 Å². The normalized spacial score (nSPS) is 15.4. The van der Waals surface area contributed by atoms with Crippen LogP contribution in [-0.2, 0) is 4.79 Å². The Labute approximate surface area is 124 Å². The van der Waals surface area contributed by atoms with Crippen LogP contribution in [0.2, 0.25) is 0 Å². The van der Waals surface area contributed by atoms with Gasteiger partial charge in [0.2, 0.25) is 0 Å². The number of carboxylic acids is 1. The Bertz CT molecular complexity index is 585. The zero-order valence-electron chi connectivity index (χ0n) is 10.9. The van der Waals surface area contributed by atoms with Crippen LogP contribution in [0.3, 0.4) is 0 Å². The first-order valence-electron chi connectivity index (χ1n) is 6.30. The van der Waals surface area contributed by atoms with Crippen molar-refractivity contribution in [3.8, 4) is 0 Å². The predicted octanol–water partition coefficient (Wildman–Crippen LogP) is 2.55. The van der Waals surface area contributed by atoms with Crippen molar-refractivity contribution in [1.82, 2.24) is 4.90 Å². The third-order valence-corrected chi connectivity index (χ3v) is 3.87. The molecule has 1 aromatic carbocycles. The first-order chi connectivity index (χ1) is 9.41. The van der Waals surface area contributed by atoms with Crippen LogP contribution in [0, 0.1) is 5.92 Å². The highest BCUT2D eigenvalue weighted by molar-refractivity contribution is 9.10. The average molecular weight is 340 g/mol. The molecule has 1 aromatic rings. The summed E-state index contributed by atoms with van der Waals surface area (Å²) in [5.74, 6) is -1.95. The summed E-state index contributed by atoms with van der Waals surface area (Å²) in [5.41, 5.74) is 0.806. The standard InChI is InChI=1S/C14H14BrNO4/c1-8(14(19)20)3-2-6-16-12(17)10-5-4-9(15)7-11(10)13(16)18/h4-5,7-8H,2-3,6H2,1H3,(H,19,20). The molecule has 0 saturated heterocycles. The lowest BCUT2D eigenvalue weighted by molar-refractivity contribution is -0.141. The lowest BCUT2D eigenvalue weighted by atomic mass is 10.1. The number of carbonyl (C=O) groups excluding carboxylic acids is 2. The Morgan fingerprint density at radius 2 is 1.95 bits per heavy atom. The summed E-state index contributed by atoms with van der Waals surface area (Å²) in [7, 11) is 0. The molecule has 5 nitrogen and oxygen atoms in total. The van der Waals surface area contributed by atoms with E-state index in [1.54, 1.807) is 25.1 Å². The van der Waals surface area contributed by atoms with Crippen LogP contribution in [0.1, 0.15) is 40.5 Å². The number of carboxylic acid groups (broad SMARTS) is 1. The van der Waals surface area contributed by atoms with Gasteiger partial charge in [-0.3, -0.25) is 19.3 Å². The summed E-state index contributed by atoms with van der Waals surface area (Å²) in [6.45, 7) is 1.86. The number of halogens is 1. The highest BCUT2D eigenvalue weighted by Gasteiger charge is 2.35. The Balaban J connectivity index is 2.04. The molecule has 1 N–H and O–H groups in total. The second kappa shape index (κ2) is 5.75. The van der Waals surface area contributed by atoms with Gasteiger partial charge in [-0.15, -0.1) is 0 Å². The van der Waals surface area contributed by atoms with Gasteiger partial charge >= 0.3 is 5.97 Å². The molecule has 0 aliphatic carbocycles. The zero-order valence-corrected chi connectivity index (χ0v) is 12.5. The van der Waals surface area contributed by atoms with Gasteiger partial charge in [0.15, 0.2) is 0 Å². The third-order valence-electron chi connectivity index (χ3n) is 3.37. The molecule has 1 atom stereocenters. The number of aliphatic carboxylic acids is 1. The monoisotopic (exact) mass is 339 g/mol. The minimum Gasteiger partial charge on any atom is -0.481 e. The number of fused-ring (bicyclic) bond motifs is 1. The number of amides is 2. The minimum atomic E-state index is -0.865. The van der Waals surface area contributed by atoms with Gasteiger partial charge in [0.05, 0.1) is 17.0 Å².